The molecule has 0 aliphatic rings. The first kappa shape index (κ1) is 12.9. The third-order valence-corrected chi connectivity index (χ3v) is 1.79. The number of ether oxygens (including phenoxy) is 1. The lowest BCUT2D eigenvalue weighted by molar-refractivity contribution is -0.127. The molecule has 14 heavy (non-hydrogen) atoms. The van der Waals surface area contributed by atoms with Gasteiger partial charge in [0, 0.05) is 17.1 Å². The molecule has 0 aromatic heterocycles. The molecule has 0 aliphatic carbocycles. The molecule has 0 N–H and O–H groups in total. The first-order chi connectivity index (χ1) is 6.33. The van der Waals surface area contributed by atoms with Gasteiger partial charge in [-0.05, 0) is 25.8 Å². The smallest absolute Gasteiger partial charge is 0.151 e. The van der Waals surface area contributed by atoms with Gasteiger partial charge in [0.15, 0.2) is 6.29 Å². The lowest BCUT2D eigenvalue weighted by atomic mass is 10.0. The van der Waals surface area contributed by atoms with Crippen LogP contribution in [0.5, 0.6) is 0 Å². The Hall–Kier alpha value is -1.06. The van der Waals surface area contributed by atoms with E-state index in [0.29, 0.717) is 13.0 Å². The van der Waals surface area contributed by atoms with Crippen molar-refractivity contribution in [1.29, 1.82) is 0 Å². The van der Waals surface area contributed by atoms with Crippen LogP contribution in [0.2, 0.25) is 0 Å². The molecule has 0 bridgehead atoms. The Bertz CT molecular complexity index is 242. The Labute approximate surface area is 84.1 Å². The minimum absolute atomic E-state index is 0.401. The third kappa shape index (κ3) is 5.56. The fourth-order valence-corrected chi connectivity index (χ4v) is 0.769. The summed E-state index contributed by atoms with van der Waals surface area (Å²) in [7, 11) is 0. The fourth-order valence-electron chi connectivity index (χ4n) is 0.769. The molecule has 5 heteroatoms. The van der Waals surface area contributed by atoms with Gasteiger partial charge in [-0.25, -0.2) is 0 Å². The Morgan fingerprint density at radius 1 is 1.43 bits per heavy atom. The van der Waals surface area contributed by atoms with Crippen LogP contribution in [0, 0.1) is 0 Å². The van der Waals surface area contributed by atoms with Crippen LogP contribution in [-0.2, 0) is 9.53 Å². The summed E-state index contributed by atoms with van der Waals surface area (Å²) in [5, 5.41) is 3.61. The molecule has 0 rings (SSSR count). The molecule has 0 saturated carbocycles. The molecule has 0 radical (unpaired) electrons. The van der Waals surface area contributed by atoms with Gasteiger partial charge >= 0.3 is 0 Å². The maximum Gasteiger partial charge on any atom is 0.151 e. The second-order valence-electron chi connectivity index (χ2n) is 4.32. The van der Waals surface area contributed by atoms with E-state index in [0.717, 1.165) is 6.29 Å². The van der Waals surface area contributed by atoms with Crippen LogP contribution in [0.15, 0.2) is 5.11 Å². The molecule has 0 aromatic carbocycles. The van der Waals surface area contributed by atoms with Gasteiger partial charge < -0.3 is 9.53 Å². The summed E-state index contributed by atoms with van der Waals surface area (Å²) in [4.78, 5) is 13.2. The van der Waals surface area contributed by atoms with E-state index in [4.69, 9.17) is 10.3 Å². The van der Waals surface area contributed by atoms with Crippen molar-refractivity contribution >= 4 is 6.29 Å². The van der Waals surface area contributed by atoms with Gasteiger partial charge in [-0.1, -0.05) is 19.0 Å². The van der Waals surface area contributed by atoms with Crippen molar-refractivity contribution in [3.05, 3.63) is 10.4 Å². The van der Waals surface area contributed by atoms with Crippen molar-refractivity contribution in [1.82, 2.24) is 0 Å². The van der Waals surface area contributed by atoms with Gasteiger partial charge in [0.25, 0.3) is 0 Å². The summed E-state index contributed by atoms with van der Waals surface area (Å²) >= 11 is 0. The van der Waals surface area contributed by atoms with E-state index >= 15 is 0 Å². The molecule has 0 unspecified atom stereocenters. The van der Waals surface area contributed by atoms with E-state index in [2.05, 4.69) is 10.0 Å². The predicted molar refractivity (Wildman–Crippen MR) is 53.9 cm³/mol. The molecule has 0 aromatic rings. The molecule has 0 amide bonds. The molecule has 0 saturated heterocycles. The number of hydrogen-bond acceptors (Lipinski definition) is 3. The number of rotatable bonds is 6. The first-order valence-corrected chi connectivity index (χ1v) is 4.49. The van der Waals surface area contributed by atoms with Crippen LogP contribution in [0.25, 0.3) is 10.4 Å². The summed E-state index contributed by atoms with van der Waals surface area (Å²) in [6.07, 6.45) is 1.35. The molecule has 80 valence electrons. The van der Waals surface area contributed by atoms with E-state index in [-0.39, 0.29) is 0 Å². The average Bonchev–Trinajstić information content (AvgIpc) is 2.03. The summed E-state index contributed by atoms with van der Waals surface area (Å²) in [6.45, 7) is 7.44. The third-order valence-electron chi connectivity index (χ3n) is 1.79. The molecular formula is C9H17N3O2. The van der Waals surface area contributed by atoms with Gasteiger partial charge in [-0.3, -0.25) is 0 Å². The number of carbonyl (C=O) groups is 1. The van der Waals surface area contributed by atoms with E-state index in [1.54, 1.807) is 13.8 Å². The van der Waals surface area contributed by atoms with E-state index in [9.17, 15) is 4.79 Å². The zero-order valence-electron chi connectivity index (χ0n) is 9.15. The topological polar surface area (TPSA) is 75.1 Å². The Balaban J connectivity index is 3.96. The predicted octanol–water partition coefficient (Wildman–Crippen LogP) is 2.46. The van der Waals surface area contributed by atoms with E-state index in [1.807, 2.05) is 13.8 Å². The lowest BCUT2D eigenvalue weighted by Gasteiger charge is -2.22. The zero-order chi connectivity index (χ0) is 11.2. The largest absolute Gasteiger partial charge is 0.368 e. The van der Waals surface area contributed by atoms with Crippen molar-refractivity contribution in [2.24, 2.45) is 5.11 Å². The van der Waals surface area contributed by atoms with Gasteiger partial charge in [0.2, 0.25) is 0 Å². The number of aldehydes is 1. The molecular weight excluding hydrogens is 182 g/mol. The van der Waals surface area contributed by atoms with Crippen LogP contribution in [-0.4, -0.2) is 24.0 Å². The molecule has 0 heterocycles. The highest BCUT2D eigenvalue weighted by Gasteiger charge is 2.20. The molecule has 0 fully saturated rings. The van der Waals surface area contributed by atoms with Crippen molar-refractivity contribution in [3.8, 4) is 0 Å². The van der Waals surface area contributed by atoms with Gasteiger partial charge in [0.1, 0.15) is 5.60 Å². The maximum atomic E-state index is 10.5. The SMILES string of the molecule is CC(C)(CCOC(C)(C)C=O)N=[N+]=[N-]. The van der Waals surface area contributed by atoms with Crippen LogP contribution in [0.3, 0.4) is 0 Å². The normalized spacial score (nSPS) is 12.0. The number of carbonyl (C=O) groups excluding carboxylic acids is 1. The number of hydrogen-bond donors (Lipinski definition) is 0. The minimum atomic E-state index is -0.758. The summed E-state index contributed by atoms with van der Waals surface area (Å²) in [5.74, 6) is 0. The lowest BCUT2D eigenvalue weighted by Crippen LogP contribution is -2.29. The molecule has 5 nitrogen and oxygen atoms in total. The standard InChI is InChI=1S/C9H17N3O2/c1-8(2,11-12-10)5-6-14-9(3,4)7-13/h7H,5-6H2,1-4H3. The molecule has 0 aliphatic heterocycles. The van der Waals surface area contributed by atoms with Crippen LogP contribution < -0.4 is 0 Å². The Kier molecular flexibility index (Phi) is 4.60. The quantitative estimate of drug-likeness (QED) is 0.285. The van der Waals surface area contributed by atoms with E-state index in [1.165, 1.54) is 0 Å². The average molecular weight is 199 g/mol. The second kappa shape index (κ2) is 4.98. The van der Waals surface area contributed by atoms with Gasteiger partial charge in [-0.15, -0.1) is 0 Å². The van der Waals surface area contributed by atoms with Crippen LogP contribution in [0.4, 0.5) is 0 Å². The molecule has 0 atom stereocenters. The maximum absolute atomic E-state index is 10.5. The summed E-state index contributed by atoms with van der Waals surface area (Å²) in [5.41, 5.74) is 7.05. The summed E-state index contributed by atoms with van der Waals surface area (Å²) in [6, 6.07) is 0. The Morgan fingerprint density at radius 2 is 2.00 bits per heavy atom. The highest BCUT2D eigenvalue weighted by atomic mass is 16.5. The second-order valence-corrected chi connectivity index (χ2v) is 4.32. The zero-order valence-corrected chi connectivity index (χ0v) is 9.15. The first-order valence-electron chi connectivity index (χ1n) is 4.49. The Morgan fingerprint density at radius 3 is 2.43 bits per heavy atom. The number of nitrogens with zero attached hydrogens (tertiary/aromatic N) is 3. The number of azide groups is 1. The monoisotopic (exact) mass is 199 g/mol. The van der Waals surface area contributed by atoms with E-state index < -0.39 is 11.1 Å². The molecule has 0 spiro atoms. The van der Waals surface area contributed by atoms with Crippen molar-refractivity contribution in [2.75, 3.05) is 6.61 Å². The van der Waals surface area contributed by atoms with Crippen LogP contribution in [0.1, 0.15) is 34.1 Å². The van der Waals surface area contributed by atoms with Gasteiger partial charge in [-0.2, -0.15) is 0 Å². The van der Waals surface area contributed by atoms with Crippen LogP contribution >= 0.6 is 0 Å². The van der Waals surface area contributed by atoms with Crippen molar-refractivity contribution in [2.45, 2.75) is 45.3 Å². The minimum Gasteiger partial charge on any atom is -0.368 e. The van der Waals surface area contributed by atoms with Crippen molar-refractivity contribution in [3.63, 3.8) is 0 Å². The summed E-state index contributed by atoms with van der Waals surface area (Å²) < 4.78 is 5.31. The highest BCUT2D eigenvalue weighted by Crippen LogP contribution is 2.16. The van der Waals surface area contributed by atoms with Gasteiger partial charge in [0.05, 0.1) is 0 Å². The fraction of sp³-hybridized carbons (Fsp3) is 0.889. The van der Waals surface area contributed by atoms with Crippen molar-refractivity contribution < 1.29 is 9.53 Å². The highest BCUT2D eigenvalue weighted by molar-refractivity contribution is 5.60.